The first-order valence-electron chi connectivity index (χ1n) is 8.95. The summed E-state index contributed by atoms with van der Waals surface area (Å²) in [7, 11) is 0. The van der Waals surface area contributed by atoms with Gasteiger partial charge in [0.25, 0.3) is 0 Å². The highest BCUT2D eigenvalue weighted by molar-refractivity contribution is 5.45. The molecular formula is C20H22N4O. The van der Waals surface area contributed by atoms with E-state index in [1.165, 1.54) is 17.5 Å². The van der Waals surface area contributed by atoms with Gasteiger partial charge in [0.1, 0.15) is 0 Å². The molecule has 128 valence electrons. The Hall–Kier alpha value is -2.24. The van der Waals surface area contributed by atoms with Crippen molar-refractivity contribution in [3.63, 3.8) is 0 Å². The molecule has 5 heteroatoms. The maximum atomic E-state index is 6.11. The van der Waals surface area contributed by atoms with E-state index in [9.17, 15) is 0 Å². The molecular weight excluding hydrogens is 312 g/mol. The summed E-state index contributed by atoms with van der Waals surface area (Å²) in [6.45, 7) is 4.05. The van der Waals surface area contributed by atoms with Crippen LogP contribution in [0.4, 0.5) is 0 Å². The van der Waals surface area contributed by atoms with Crippen LogP contribution in [0, 0.1) is 5.41 Å². The van der Waals surface area contributed by atoms with E-state index in [2.05, 4.69) is 45.3 Å². The summed E-state index contributed by atoms with van der Waals surface area (Å²) in [4.78, 5) is 6.94. The van der Waals surface area contributed by atoms with Crippen LogP contribution in [0.2, 0.25) is 0 Å². The lowest BCUT2D eigenvalue weighted by Crippen LogP contribution is -2.56. The molecule has 2 aromatic heterocycles. The molecule has 3 aromatic rings. The Kier molecular flexibility index (Phi) is 3.57. The summed E-state index contributed by atoms with van der Waals surface area (Å²) in [6.07, 6.45) is 8.28. The summed E-state index contributed by atoms with van der Waals surface area (Å²) in [5.74, 6) is 0. The molecule has 0 amide bonds. The molecule has 4 heterocycles. The van der Waals surface area contributed by atoms with E-state index in [0.29, 0.717) is 11.5 Å². The average Bonchev–Trinajstić information content (AvgIpc) is 3.21. The lowest BCUT2D eigenvalue weighted by molar-refractivity contribution is -0.0138. The van der Waals surface area contributed by atoms with Gasteiger partial charge >= 0.3 is 0 Å². The van der Waals surface area contributed by atoms with Gasteiger partial charge < -0.3 is 4.74 Å². The van der Waals surface area contributed by atoms with Gasteiger partial charge in [-0.3, -0.25) is 4.90 Å². The lowest BCUT2D eigenvalue weighted by atomic mass is 9.77. The summed E-state index contributed by atoms with van der Waals surface area (Å²) in [5, 5.41) is 4.38. The van der Waals surface area contributed by atoms with Crippen molar-refractivity contribution in [2.45, 2.75) is 25.5 Å². The summed E-state index contributed by atoms with van der Waals surface area (Å²) in [5.41, 5.74) is 3.90. The highest BCUT2D eigenvalue weighted by atomic mass is 16.5. The zero-order valence-electron chi connectivity index (χ0n) is 14.2. The summed E-state index contributed by atoms with van der Waals surface area (Å²) >= 11 is 0. The van der Waals surface area contributed by atoms with Gasteiger partial charge in [-0.15, -0.1) is 0 Å². The summed E-state index contributed by atoms with van der Waals surface area (Å²) in [6, 6.07) is 12.6. The van der Waals surface area contributed by atoms with Gasteiger partial charge in [-0.05, 0) is 24.5 Å². The molecule has 5 nitrogen and oxygen atoms in total. The Morgan fingerprint density at radius 3 is 2.92 bits per heavy atom. The fraction of sp³-hybridized carbons (Fsp3) is 0.400. The number of hydrogen-bond donors (Lipinski definition) is 0. The van der Waals surface area contributed by atoms with Crippen LogP contribution in [0.1, 0.15) is 17.5 Å². The second kappa shape index (κ2) is 5.93. The van der Waals surface area contributed by atoms with Crippen molar-refractivity contribution in [1.82, 2.24) is 19.5 Å². The van der Waals surface area contributed by atoms with Gasteiger partial charge in [-0.1, -0.05) is 30.3 Å². The van der Waals surface area contributed by atoms with E-state index in [1.54, 1.807) is 0 Å². The van der Waals surface area contributed by atoms with Gasteiger partial charge in [-0.25, -0.2) is 9.50 Å². The van der Waals surface area contributed by atoms with Gasteiger partial charge in [0.05, 0.1) is 18.9 Å². The number of fused-ring (bicyclic) bond motifs is 1. The minimum absolute atomic E-state index is 0.357. The van der Waals surface area contributed by atoms with E-state index in [0.717, 1.165) is 38.3 Å². The van der Waals surface area contributed by atoms with Crippen LogP contribution < -0.4 is 0 Å². The number of hydrogen-bond acceptors (Lipinski definition) is 4. The van der Waals surface area contributed by atoms with Gasteiger partial charge in [0, 0.05) is 43.0 Å². The van der Waals surface area contributed by atoms with Crippen molar-refractivity contribution in [2.75, 3.05) is 19.7 Å². The van der Waals surface area contributed by atoms with Crippen molar-refractivity contribution in [1.29, 1.82) is 0 Å². The standard InChI is InChI=1S/C20H22N4O/c1-2-5-16(6-3-1)9-18-10-20(15-25-18)13-23(14-20)12-17-11-22-24-8-4-7-21-19(17)24/h1-8,11,18H,9-10,12-15H2. The summed E-state index contributed by atoms with van der Waals surface area (Å²) < 4.78 is 7.96. The molecule has 5 rings (SSSR count). The second-order valence-electron chi connectivity index (χ2n) is 7.53. The monoisotopic (exact) mass is 334 g/mol. The van der Waals surface area contributed by atoms with Crippen LogP contribution in [0.3, 0.4) is 0 Å². The number of nitrogens with zero attached hydrogens (tertiary/aromatic N) is 4. The normalized spacial score (nSPS) is 22.5. The predicted octanol–water partition coefficient (Wildman–Crippen LogP) is 2.56. The fourth-order valence-corrected chi connectivity index (χ4v) is 4.37. The third-order valence-corrected chi connectivity index (χ3v) is 5.46. The Morgan fingerprint density at radius 2 is 2.04 bits per heavy atom. The molecule has 0 radical (unpaired) electrons. The molecule has 1 atom stereocenters. The van der Waals surface area contributed by atoms with Crippen LogP contribution >= 0.6 is 0 Å². The molecule has 2 saturated heterocycles. The highest BCUT2D eigenvalue weighted by Gasteiger charge is 2.48. The van der Waals surface area contributed by atoms with Gasteiger partial charge in [0.15, 0.2) is 5.65 Å². The number of benzene rings is 1. The third-order valence-electron chi connectivity index (χ3n) is 5.46. The Morgan fingerprint density at radius 1 is 1.16 bits per heavy atom. The van der Waals surface area contributed by atoms with Crippen LogP contribution in [0.5, 0.6) is 0 Å². The maximum absolute atomic E-state index is 6.11. The molecule has 1 spiro atoms. The molecule has 0 N–H and O–H groups in total. The molecule has 0 bridgehead atoms. The molecule has 2 aliphatic rings. The van der Waals surface area contributed by atoms with Crippen molar-refractivity contribution < 1.29 is 4.74 Å². The lowest BCUT2D eigenvalue weighted by Gasteiger charge is -2.47. The first-order valence-corrected chi connectivity index (χ1v) is 8.95. The maximum Gasteiger partial charge on any atom is 0.159 e. The van der Waals surface area contributed by atoms with Crippen LogP contribution in [-0.2, 0) is 17.7 Å². The largest absolute Gasteiger partial charge is 0.377 e. The van der Waals surface area contributed by atoms with Crippen molar-refractivity contribution in [3.8, 4) is 0 Å². The number of rotatable bonds is 4. The molecule has 2 aliphatic heterocycles. The molecule has 1 unspecified atom stereocenters. The fourth-order valence-electron chi connectivity index (χ4n) is 4.37. The van der Waals surface area contributed by atoms with Crippen LogP contribution in [0.15, 0.2) is 55.0 Å². The minimum Gasteiger partial charge on any atom is -0.377 e. The van der Waals surface area contributed by atoms with E-state index in [1.807, 2.05) is 29.2 Å². The molecule has 0 aliphatic carbocycles. The third kappa shape index (κ3) is 2.83. The van der Waals surface area contributed by atoms with Crippen LogP contribution in [0.25, 0.3) is 5.65 Å². The van der Waals surface area contributed by atoms with E-state index >= 15 is 0 Å². The Bertz CT molecular complexity index is 870. The number of aromatic nitrogens is 3. The first-order chi connectivity index (χ1) is 12.3. The second-order valence-corrected chi connectivity index (χ2v) is 7.53. The highest BCUT2D eigenvalue weighted by Crippen LogP contribution is 2.42. The zero-order chi connectivity index (χ0) is 16.7. The SMILES string of the molecule is c1ccc(CC2CC3(CO2)CN(Cc2cnn4cccnc24)C3)cc1. The van der Waals surface area contributed by atoms with Crippen molar-refractivity contribution in [2.24, 2.45) is 5.41 Å². The van der Waals surface area contributed by atoms with Crippen molar-refractivity contribution in [3.05, 3.63) is 66.1 Å². The average molecular weight is 334 g/mol. The molecule has 1 aromatic carbocycles. The predicted molar refractivity (Wildman–Crippen MR) is 95.2 cm³/mol. The molecule has 25 heavy (non-hydrogen) atoms. The van der Waals surface area contributed by atoms with E-state index in [4.69, 9.17) is 4.74 Å². The quantitative estimate of drug-likeness (QED) is 0.735. The Labute approximate surface area is 147 Å². The van der Waals surface area contributed by atoms with E-state index in [-0.39, 0.29) is 0 Å². The van der Waals surface area contributed by atoms with Gasteiger partial charge in [-0.2, -0.15) is 5.10 Å². The number of likely N-dealkylation sites (tertiary alicyclic amines) is 1. The number of ether oxygens (including phenoxy) is 1. The molecule has 2 fully saturated rings. The smallest absolute Gasteiger partial charge is 0.159 e. The van der Waals surface area contributed by atoms with E-state index < -0.39 is 0 Å². The van der Waals surface area contributed by atoms with Crippen LogP contribution in [-0.4, -0.2) is 45.3 Å². The Balaban J connectivity index is 1.19. The first kappa shape index (κ1) is 15.0. The zero-order valence-corrected chi connectivity index (χ0v) is 14.2. The topological polar surface area (TPSA) is 42.7 Å². The van der Waals surface area contributed by atoms with Gasteiger partial charge in [0.2, 0.25) is 0 Å². The molecule has 0 saturated carbocycles. The minimum atomic E-state index is 0.357. The van der Waals surface area contributed by atoms with Crippen molar-refractivity contribution >= 4 is 5.65 Å².